The molecule has 15 aromatic carbocycles. The summed E-state index contributed by atoms with van der Waals surface area (Å²) in [5, 5.41) is 8.98. The van der Waals surface area contributed by atoms with Crippen LogP contribution in [0.5, 0.6) is 0 Å². The molecule has 1 heterocycles. The number of imidazole rings is 1. The van der Waals surface area contributed by atoms with Crippen LogP contribution in [-0.4, -0.2) is 9.97 Å². The average Bonchev–Trinajstić information content (AvgIpc) is 0.971. The number of rotatable bonds is 23. The van der Waals surface area contributed by atoms with Gasteiger partial charge >= 0.3 is 0 Å². The number of hydrogen-bond donors (Lipinski definition) is 13. The molecule has 142 heavy (non-hydrogen) atoms. The molecular weight excluding hydrogens is 1740 g/mol. The Morgan fingerprint density at radius 3 is 1.26 bits per heavy atom. The number of H-pyrrole nitrogens is 1. The summed E-state index contributed by atoms with van der Waals surface area (Å²) in [6, 6.07) is 124. The van der Waals surface area contributed by atoms with Crippen LogP contribution < -0.4 is 68.8 Å². The molecule has 16 aromatic rings. The maximum Gasteiger partial charge on any atom is 0.0991 e. The third kappa shape index (κ3) is 29.2. The molecule has 15 heteroatoms. The van der Waals surface area contributed by atoms with Crippen LogP contribution >= 0.6 is 0 Å². The van der Waals surface area contributed by atoms with E-state index in [1.165, 1.54) is 50.1 Å². The van der Waals surface area contributed by atoms with Crippen molar-refractivity contribution in [2.45, 2.75) is 50.4 Å². The number of para-hydroxylation sites is 2. The quantitative estimate of drug-likeness (QED) is 0.0123. The lowest BCUT2D eigenvalue weighted by molar-refractivity contribution is 0.553. The van der Waals surface area contributed by atoms with E-state index in [1.54, 1.807) is 37.2 Å². The average molecular weight is 1860 g/mol. The van der Waals surface area contributed by atoms with Gasteiger partial charge in [0.05, 0.1) is 18.0 Å². The fraction of sp³-hybridized carbons (Fsp3) is 0.0866. The Balaban J connectivity index is 0.000000160. The Kier molecular flexibility index (Phi) is 37.7. The zero-order chi connectivity index (χ0) is 101. The maximum atomic E-state index is 8.98. The van der Waals surface area contributed by atoms with Crippen molar-refractivity contribution in [3.05, 3.63) is 589 Å². The third-order valence-electron chi connectivity index (χ3n) is 24.8. The van der Waals surface area contributed by atoms with Crippen molar-refractivity contribution in [2.75, 3.05) is 57.3 Å². The Bertz CT molecular complexity index is 6790. The number of hydrogen-bond acceptors (Lipinski definition) is 14. The van der Waals surface area contributed by atoms with Gasteiger partial charge in [-0.3, -0.25) is 0 Å². The maximum absolute atomic E-state index is 8.98. The van der Waals surface area contributed by atoms with Crippen molar-refractivity contribution in [3.8, 4) is 39.4 Å². The van der Waals surface area contributed by atoms with E-state index in [-0.39, 0.29) is 29.6 Å². The van der Waals surface area contributed by atoms with Gasteiger partial charge in [0.2, 0.25) is 0 Å². The molecule has 0 bridgehead atoms. The number of anilines is 10. The number of nitrogens with one attached hydrogen (secondary N) is 1. The van der Waals surface area contributed by atoms with Crippen molar-refractivity contribution >= 4 is 62.4 Å². The summed E-state index contributed by atoms with van der Waals surface area (Å²) in [4.78, 5) is 6.42. The second kappa shape index (κ2) is 52.2. The van der Waals surface area contributed by atoms with Gasteiger partial charge in [0.25, 0.3) is 0 Å². The molecule has 0 radical (unpaired) electrons. The van der Waals surface area contributed by atoms with Gasteiger partial charge in [-0.05, 0) is 266 Å². The fourth-order valence-corrected chi connectivity index (χ4v) is 17.1. The highest BCUT2D eigenvalue weighted by molar-refractivity contribution is 5.87. The number of nitrogens with zero attached hydrogens (tertiary/aromatic N) is 2. The predicted octanol–water partition coefficient (Wildman–Crippen LogP) is 27.4. The molecule has 0 spiro atoms. The first kappa shape index (κ1) is 103. The lowest BCUT2D eigenvalue weighted by Crippen LogP contribution is -2.19. The summed E-state index contributed by atoms with van der Waals surface area (Å²) in [6.07, 6.45) is 35.1. The minimum atomic E-state index is -0.116. The van der Waals surface area contributed by atoms with E-state index >= 15 is 0 Å². The van der Waals surface area contributed by atoms with E-state index in [0.717, 1.165) is 125 Å². The molecule has 4 unspecified atom stereocenters. The van der Waals surface area contributed by atoms with E-state index in [9.17, 15) is 0 Å². The zero-order valence-corrected chi connectivity index (χ0v) is 80.6. The molecule has 2 aliphatic carbocycles. The van der Waals surface area contributed by atoms with Gasteiger partial charge in [-0.1, -0.05) is 342 Å². The van der Waals surface area contributed by atoms with Crippen LogP contribution in [0.3, 0.4) is 0 Å². The zero-order valence-electron chi connectivity index (χ0n) is 80.6. The minimum absolute atomic E-state index is 0.0731. The molecule has 0 saturated heterocycles. The first-order valence-electron chi connectivity index (χ1n) is 47.1. The first-order valence-corrected chi connectivity index (χ1v) is 47.1. The van der Waals surface area contributed by atoms with Crippen LogP contribution in [0.2, 0.25) is 0 Å². The second-order valence-corrected chi connectivity index (χ2v) is 34.7. The Labute approximate surface area is 837 Å². The number of aryl methyl sites for hydroxylation is 1. The molecule has 0 aliphatic heterocycles. The van der Waals surface area contributed by atoms with Crippen molar-refractivity contribution in [3.63, 3.8) is 0 Å². The largest absolute Gasteiger partial charge is 0.405 e. The second-order valence-electron chi connectivity index (χ2n) is 34.7. The normalized spacial score (nSPS) is 13.5. The number of allylic oxidation sites excluding steroid dienone is 16. The van der Waals surface area contributed by atoms with Crippen LogP contribution in [-0.2, 0) is 6.42 Å². The van der Waals surface area contributed by atoms with Gasteiger partial charge in [0.15, 0.2) is 0 Å². The highest BCUT2D eigenvalue weighted by Gasteiger charge is 2.30. The Morgan fingerprint density at radius 1 is 0.437 bits per heavy atom. The molecule has 2 aliphatic rings. The number of benzene rings is 15. The monoisotopic (exact) mass is 1860 g/mol. The summed E-state index contributed by atoms with van der Waals surface area (Å²) >= 11 is 0. The molecular formula is C127H127N15. The molecule has 710 valence electrons. The van der Waals surface area contributed by atoms with Crippen LogP contribution in [0.15, 0.2) is 511 Å². The van der Waals surface area contributed by atoms with E-state index in [0.29, 0.717) is 40.1 Å². The van der Waals surface area contributed by atoms with E-state index < -0.39 is 0 Å². The van der Waals surface area contributed by atoms with Gasteiger partial charge in [-0.15, -0.1) is 6.58 Å². The molecule has 4 atom stereocenters. The molecule has 15 nitrogen and oxygen atoms in total. The van der Waals surface area contributed by atoms with E-state index in [4.69, 9.17) is 74.1 Å². The summed E-state index contributed by atoms with van der Waals surface area (Å²) in [5.74, 6) is 1.26. The first-order chi connectivity index (χ1) is 69.0. The van der Waals surface area contributed by atoms with Crippen molar-refractivity contribution < 1.29 is 0 Å². The van der Waals surface area contributed by atoms with Crippen molar-refractivity contribution in [1.82, 2.24) is 9.97 Å². The van der Waals surface area contributed by atoms with Crippen molar-refractivity contribution in [2.24, 2.45) is 29.2 Å². The number of nitrogens with two attached hydrogens (primary N) is 12. The van der Waals surface area contributed by atoms with E-state index in [2.05, 4.69) is 220 Å². The van der Waals surface area contributed by atoms with Gasteiger partial charge in [-0.25, -0.2) is 4.98 Å². The number of aromatic nitrogens is 2. The number of aromatic amines is 1. The smallest absolute Gasteiger partial charge is 0.0991 e. The number of nitrogen functional groups attached to an aromatic ring is 10. The molecule has 18 rings (SSSR count). The molecule has 0 fully saturated rings. The standard InChI is InChI=1S/C37H34N4.C33H34N2.C20H17N3.C14H16N2.C13H14N2.C7H8.C3H4N2/c1-3-4-9-24(2)25-14-16-26(17-15-25)37(27-18-20-35(40)31(22-27)29-10-5-7-12-33(29)38)28-19-21-36(41)32(23-28)30-11-6-8-13-34(30)39;1-3-24-22-31(16-12-28(24)18-20-34)33(32-17-13-29(19-21-35)25(4-2)23-32)30-14-10-27(11-15-30)26-8-6-5-7-9-26;21-13-14-1-3-15(4-2-14)20(16-5-9-18(22)10-6-16)17-7-11-19(23)12-8-17;1-10(11-2-6-13(15)7-3-11)12-4-8-14(16)9-5-12;14-12-5-1-10(2-6-12)9-11-3-7-13(15)8-4-11;1-7-5-3-2-4-6-7;1-2-5-3-4-1/h3-23,37H,1-2,38-41H2;3-16,18-24,28,32-33H,1-2,17,34-35H2;1-12,20H,22-23H2;2-10H,15-16H2,1H3;1-8H,9,14-15H2;2-6H,1H3;1-3H,(H,4,5)/b9-4-;20-18+,21-19+;;;;;. The topological polar surface area (TPSA) is 365 Å². The number of nitriles is 1. The molecule has 0 saturated carbocycles. The Morgan fingerprint density at radius 2 is 0.852 bits per heavy atom. The lowest BCUT2D eigenvalue weighted by atomic mass is 9.72. The van der Waals surface area contributed by atoms with Crippen LogP contribution in [0.4, 0.5) is 56.9 Å². The van der Waals surface area contributed by atoms with Gasteiger partial charge in [0.1, 0.15) is 0 Å². The fourth-order valence-electron chi connectivity index (χ4n) is 17.1. The van der Waals surface area contributed by atoms with Gasteiger partial charge < -0.3 is 73.8 Å². The highest BCUT2D eigenvalue weighted by atomic mass is 14.8. The van der Waals surface area contributed by atoms with Gasteiger partial charge in [0, 0.05) is 127 Å². The van der Waals surface area contributed by atoms with Crippen molar-refractivity contribution in [1.29, 1.82) is 5.26 Å². The third-order valence-corrected chi connectivity index (χ3v) is 24.8. The van der Waals surface area contributed by atoms with E-state index in [1.807, 2.05) is 267 Å². The summed E-state index contributed by atoms with van der Waals surface area (Å²) in [5.41, 5.74) is 105. The Hall–Kier alpha value is -18.3. The minimum Gasteiger partial charge on any atom is -0.405 e. The van der Waals surface area contributed by atoms with Crippen LogP contribution in [0, 0.1) is 36.0 Å². The molecule has 25 N–H and O–H groups in total. The summed E-state index contributed by atoms with van der Waals surface area (Å²) in [6.45, 7) is 20.3. The van der Waals surface area contributed by atoms with Crippen LogP contribution in [0.25, 0.3) is 39.0 Å². The summed E-state index contributed by atoms with van der Waals surface area (Å²) < 4.78 is 0. The molecule has 1 aromatic heterocycles. The molecule has 0 amide bonds. The SMILES string of the molecule is C=C/C=C\C(=C)c1ccc(C(c2ccc(N)c(-c3ccccc3N)c2)c2ccc(N)c(-c3ccccc3N)c2)cc1.C=CC1=CC(C(C2=CC(C=C)C(/C=C/N)C=C2)c2ccc(-c3ccccc3)cc2)CC=C1/C=C/N.CC(c1ccc(N)cc1)c1ccc(N)cc1.Cc1ccccc1.N#Cc1ccc(C(c2ccc(N)cc2)c2ccc(N)cc2)cc1.Nc1ccc(Cc2ccc(N)cc2)cc1.c1c[nH]cn1. The summed E-state index contributed by atoms with van der Waals surface area (Å²) in [7, 11) is 0. The van der Waals surface area contributed by atoms with Crippen LogP contribution in [0.1, 0.15) is 115 Å². The lowest BCUT2D eigenvalue weighted by Gasteiger charge is -2.32. The predicted molar refractivity (Wildman–Crippen MR) is 605 cm³/mol. The highest BCUT2D eigenvalue weighted by Crippen LogP contribution is 2.46. The van der Waals surface area contributed by atoms with Gasteiger partial charge in [-0.2, -0.15) is 5.26 Å².